The third kappa shape index (κ3) is 3.51. The second kappa shape index (κ2) is 7.15. The van der Waals surface area contributed by atoms with Crippen LogP contribution in [0.1, 0.15) is 27.6 Å². The molecular formula is C21H20N4O2. The van der Waals surface area contributed by atoms with Crippen LogP contribution in [0, 0.1) is 5.92 Å². The zero-order valence-electron chi connectivity index (χ0n) is 15.0. The van der Waals surface area contributed by atoms with E-state index < -0.39 is 0 Å². The zero-order chi connectivity index (χ0) is 18.8. The van der Waals surface area contributed by atoms with Gasteiger partial charge in [-0.25, -0.2) is 0 Å². The highest BCUT2D eigenvalue weighted by molar-refractivity contribution is 5.98. The number of amides is 2. The highest BCUT2D eigenvalue weighted by atomic mass is 16.2. The van der Waals surface area contributed by atoms with Crippen LogP contribution < -0.4 is 5.32 Å². The summed E-state index contributed by atoms with van der Waals surface area (Å²) >= 11 is 0. The minimum absolute atomic E-state index is 0.0541. The Morgan fingerprint density at radius 1 is 1.07 bits per heavy atom. The Labute approximate surface area is 157 Å². The summed E-state index contributed by atoms with van der Waals surface area (Å²) in [4.78, 5) is 35.4. The Morgan fingerprint density at radius 2 is 1.93 bits per heavy atom. The van der Waals surface area contributed by atoms with Gasteiger partial charge in [0.1, 0.15) is 0 Å². The predicted molar refractivity (Wildman–Crippen MR) is 102 cm³/mol. The summed E-state index contributed by atoms with van der Waals surface area (Å²) in [6, 6.07) is 12.8. The van der Waals surface area contributed by atoms with Crippen LogP contribution in [-0.4, -0.2) is 45.8 Å². The van der Waals surface area contributed by atoms with Gasteiger partial charge in [-0.05, 0) is 36.2 Å². The van der Waals surface area contributed by atoms with Gasteiger partial charge in [0.15, 0.2) is 0 Å². The van der Waals surface area contributed by atoms with Gasteiger partial charge >= 0.3 is 0 Å². The maximum absolute atomic E-state index is 12.7. The number of rotatable bonds is 3. The molecule has 2 amide bonds. The fourth-order valence-corrected chi connectivity index (χ4v) is 3.45. The number of pyridine rings is 2. The summed E-state index contributed by atoms with van der Waals surface area (Å²) in [5.74, 6) is -0.0233. The van der Waals surface area contributed by atoms with E-state index in [0.29, 0.717) is 24.2 Å². The van der Waals surface area contributed by atoms with Gasteiger partial charge in [-0.15, -0.1) is 0 Å². The zero-order valence-corrected chi connectivity index (χ0v) is 15.0. The van der Waals surface area contributed by atoms with Gasteiger partial charge in [-0.2, -0.15) is 0 Å². The molecule has 1 aromatic carbocycles. The van der Waals surface area contributed by atoms with Gasteiger partial charge in [0.05, 0.1) is 17.1 Å². The third-order valence-electron chi connectivity index (χ3n) is 4.99. The smallest absolute Gasteiger partial charge is 0.255 e. The number of hydrogen-bond acceptors (Lipinski definition) is 4. The number of benzene rings is 1. The Bertz CT molecular complexity index is 990. The molecule has 1 aliphatic heterocycles. The minimum atomic E-state index is -0.143. The molecule has 3 aromatic rings. The summed E-state index contributed by atoms with van der Waals surface area (Å²) in [6.07, 6.45) is 4.93. The predicted octanol–water partition coefficient (Wildman–Crippen LogP) is 2.52. The van der Waals surface area contributed by atoms with Crippen LogP contribution in [0.25, 0.3) is 10.9 Å². The van der Waals surface area contributed by atoms with Gasteiger partial charge in [0, 0.05) is 42.6 Å². The molecule has 136 valence electrons. The maximum atomic E-state index is 12.7. The van der Waals surface area contributed by atoms with E-state index in [4.69, 9.17) is 0 Å². The van der Waals surface area contributed by atoms with E-state index in [1.807, 2.05) is 25.1 Å². The van der Waals surface area contributed by atoms with Crippen molar-refractivity contribution in [3.63, 3.8) is 0 Å². The van der Waals surface area contributed by atoms with E-state index >= 15 is 0 Å². The van der Waals surface area contributed by atoms with E-state index in [9.17, 15) is 9.59 Å². The fourth-order valence-electron chi connectivity index (χ4n) is 3.45. The first-order chi connectivity index (χ1) is 13.1. The van der Waals surface area contributed by atoms with Crippen molar-refractivity contribution in [3.05, 3.63) is 72.2 Å². The Balaban J connectivity index is 1.45. The van der Waals surface area contributed by atoms with Crippen molar-refractivity contribution < 1.29 is 9.59 Å². The minimum Gasteiger partial charge on any atom is -0.347 e. The van der Waals surface area contributed by atoms with E-state index in [0.717, 1.165) is 10.9 Å². The molecule has 1 aliphatic rings. The average Bonchev–Trinajstić information content (AvgIpc) is 3.08. The van der Waals surface area contributed by atoms with Crippen LogP contribution in [0.4, 0.5) is 0 Å². The van der Waals surface area contributed by atoms with Crippen molar-refractivity contribution in [2.24, 2.45) is 5.92 Å². The molecule has 1 saturated heterocycles. The lowest BCUT2D eigenvalue weighted by molar-refractivity contribution is 0.0780. The second-order valence-electron chi connectivity index (χ2n) is 6.92. The van der Waals surface area contributed by atoms with Gasteiger partial charge < -0.3 is 10.2 Å². The molecule has 1 fully saturated rings. The largest absolute Gasteiger partial charge is 0.347 e. The van der Waals surface area contributed by atoms with Crippen LogP contribution in [0.15, 0.2) is 61.1 Å². The van der Waals surface area contributed by atoms with Crippen LogP contribution in [0.3, 0.4) is 0 Å². The summed E-state index contributed by atoms with van der Waals surface area (Å²) in [7, 11) is 0. The van der Waals surface area contributed by atoms with Crippen molar-refractivity contribution in [1.82, 2.24) is 20.2 Å². The molecule has 4 rings (SSSR count). The lowest BCUT2D eigenvalue weighted by Crippen LogP contribution is -2.40. The van der Waals surface area contributed by atoms with Gasteiger partial charge in [0.2, 0.25) is 0 Å². The fraction of sp³-hybridized carbons (Fsp3) is 0.238. The van der Waals surface area contributed by atoms with Crippen LogP contribution in [0.2, 0.25) is 0 Å². The number of hydrogen-bond donors (Lipinski definition) is 1. The van der Waals surface area contributed by atoms with Gasteiger partial charge in [-0.3, -0.25) is 19.6 Å². The van der Waals surface area contributed by atoms with E-state index in [1.54, 1.807) is 47.8 Å². The van der Waals surface area contributed by atoms with Crippen molar-refractivity contribution in [1.29, 1.82) is 0 Å². The summed E-state index contributed by atoms with van der Waals surface area (Å²) in [5, 5.41) is 4.07. The number of likely N-dealkylation sites (tertiary alicyclic amines) is 1. The van der Waals surface area contributed by atoms with E-state index in [-0.39, 0.29) is 23.8 Å². The molecule has 0 aliphatic carbocycles. The van der Waals surface area contributed by atoms with Gasteiger partial charge in [-0.1, -0.05) is 19.1 Å². The number of fused-ring (bicyclic) bond motifs is 1. The van der Waals surface area contributed by atoms with Crippen molar-refractivity contribution in [2.45, 2.75) is 13.0 Å². The Kier molecular flexibility index (Phi) is 4.54. The lowest BCUT2D eigenvalue weighted by atomic mass is 10.1. The van der Waals surface area contributed by atoms with Crippen LogP contribution in [-0.2, 0) is 0 Å². The number of aromatic nitrogens is 2. The van der Waals surface area contributed by atoms with Crippen molar-refractivity contribution in [3.8, 4) is 0 Å². The molecule has 2 aromatic heterocycles. The standard InChI is InChI=1S/C21H20N4O2/c1-14-12-25(21(27)17-5-2-8-22-11-17)13-19(14)24-20(26)16-7-6-15-4-3-9-23-18(15)10-16/h2-11,14,19H,12-13H2,1H3,(H,24,26)/t14-,19-/m1/s1. The lowest BCUT2D eigenvalue weighted by Gasteiger charge is -2.17. The summed E-state index contributed by atoms with van der Waals surface area (Å²) in [5.41, 5.74) is 1.93. The van der Waals surface area contributed by atoms with Crippen molar-refractivity contribution >= 4 is 22.7 Å². The third-order valence-corrected chi connectivity index (χ3v) is 4.99. The SMILES string of the molecule is C[C@@H]1CN(C(=O)c2cccnc2)C[C@H]1NC(=O)c1ccc2cccnc2c1. The maximum Gasteiger partial charge on any atom is 0.255 e. The first-order valence-electron chi connectivity index (χ1n) is 8.97. The molecule has 1 N–H and O–H groups in total. The number of nitrogens with zero attached hydrogens (tertiary/aromatic N) is 3. The van der Waals surface area contributed by atoms with Crippen LogP contribution in [0.5, 0.6) is 0 Å². The number of nitrogens with one attached hydrogen (secondary N) is 1. The first kappa shape index (κ1) is 17.1. The summed E-state index contributed by atoms with van der Waals surface area (Å²) in [6.45, 7) is 3.15. The van der Waals surface area contributed by atoms with E-state index in [1.165, 1.54) is 0 Å². The molecule has 2 atom stereocenters. The average molecular weight is 360 g/mol. The first-order valence-corrected chi connectivity index (χ1v) is 8.97. The molecule has 0 unspecified atom stereocenters. The highest BCUT2D eigenvalue weighted by Crippen LogP contribution is 2.20. The van der Waals surface area contributed by atoms with E-state index in [2.05, 4.69) is 15.3 Å². The highest BCUT2D eigenvalue weighted by Gasteiger charge is 2.34. The molecule has 0 radical (unpaired) electrons. The molecule has 0 saturated carbocycles. The molecule has 3 heterocycles. The van der Waals surface area contributed by atoms with Crippen molar-refractivity contribution in [2.75, 3.05) is 13.1 Å². The van der Waals surface area contributed by atoms with Crippen LogP contribution >= 0.6 is 0 Å². The molecule has 6 nitrogen and oxygen atoms in total. The number of carbonyl (C=O) groups is 2. The molecule has 6 heteroatoms. The molecule has 0 bridgehead atoms. The Hall–Kier alpha value is -3.28. The normalized spacial score (nSPS) is 19.2. The second-order valence-corrected chi connectivity index (χ2v) is 6.92. The quantitative estimate of drug-likeness (QED) is 0.779. The molecular weight excluding hydrogens is 340 g/mol. The molecule has 27 heavy (non-hydrogen) atoms. The van der Waals surface area contributed by atoms with Gasteiger partial charge in [0.25, 0.3) is 11.8 Å². The topological polar surface area (TPSA) is 75.2 Å². The number of carbonyl (C=O) groups excluding carboxylic acids is 2. The monoisotopic (exact) mass is 360 g/mol. The Morgan fingerprint density at radius 3 is 2.74 bits per heavy atom. The summed E-state index contributed by atoms with van der Waals surface area (Å²) < 4.78 is 0. The molecule has 0 spiro atoms.